The molecule has 2 saturated heterocycles. The molecule has 0 bridgehead atoms. The van der Waals surface area contributed by atoms with E-state index in [1.165, 1.54) is 0 Å². The van der Waals surface area contributed by atoms with Crippen LogP contribution in [0, 0.1) is 0 Å². The van der Waals surface area contributed by atoms with Crippen LogP contribution in [0.25, 0.3) is 0 Å². The van der Waals surface area contributed by atoms with Crippen molar-refractivity contribution < 1.29 is 60.5 Å². The van der Waals surface area contributed by atoms with Gasteiger partial charge < -0.3 is 60.5 Å². The predicted octanol–water partition coefficient (Wildman–Crippen LogP) is -6.22. The minimum atomic E-state index is -2.22. The van der Waals surface area contributed by atoms with Crippen molar-refractivity contribution in [2.45, 2.75) is 54.8 Å². The maximum atomic E-state index is 10.00. The van der Waals surface area contributed by atoms with E-state index in [0.717, 1.165) is 0 Å². The van der Waals surface area contributed by atoms with Gasteiger partial charge in [0, 0.05) is 0 Å². The van der Waals surface area contributed by atoms with Gasteiger partial charge in [-0.2, -0.15) is 0 Å². The third kappa shape index (κ3) is 3.55. The lowest BCUT2D eigenvalue weighted by Crippen LogP contribution is -2.62. The Kier molecular flexibility index (Phi) is 7.43. The third-order valence-electron chi connectivity index (χ3n) is 4.07. The average Bonchev–Trinajstić information content (AvgIpc) is 2.80. The van der Waals surface area contributed by atoms with Crippen LogP contribution >= 0.6 is 0 Å². The average molecular weight is 360 g/mol. The van der Waals surface area contributed by atoms with E-state index >= 15 is 0 Å². The largest absolute Gasteiger partial charge is 0.412 e. The molecule has 0 aromatic rings. The van der Waals surface area contributed by atoms with Crippen LogP contribution in [0.15, 0.2) is 0 Å². The van der Waals surface area contributed by atoms with Crippen molar-refractivity contribution >= 4 is 0 Å². The number of ether oxygens (including phenoxy) is 3. The lowest BCUT2D eigenvalue weighted by Gasteiger charge is -2.43. The third-order valence-corrected chi connectivity index (χ3v) is 4.07. The molecule has 24 heavy (non-hydrogen) atoms. The second-order valence-electron chi connectivity index (χ2n) is 5.56. The van der Waals surface area contributed by atoms with Gasteiger partial charge in [0.05, 0.1) is 13.2 Å². The topological polar surface area (TPSA) is 221 Å². The fraction of sp³-hybridized carbons (Fsp3) is 1.00. The SMILES string of the molecule is O.OCC1OC(OC2(CO)OC(CO)C(O)C2O)C(O)C(O)C1O. The Hall–Kier alpha value is -0.480. The second kappa shape index (κ2) is 8.27. The van der Waals surface area contributed by atoms with E-state index < -0.39 is 74.6 Å². The Morgan fingerprint density at radius 2 is 1.38 bits per heavy atom. The normalized spacial score (nSPS) is 49.0. The highest BCUT2D eigenvalue weighted by Crippen LogP contribution is 2.35. The Bertz CT molecular complexity index is 394. The van der Waals surface area contributed by atoms with Gasteiger partial charge in [0.2, 0.25) is 5.79 Å². The Balaban J connectivity index is 0.00000288. The van der Waals surface area contributed by atoms with Gasteiger partial charge in [0.15, 0.2) is 6.29 Å². The molecule has 10 N–H and O–H groups in total. The van der Waals surface area contributed by atoms with Gasteiger partial charge in [-0.3, -0.25) is 0 Å². The van der Waals surface area contributed by atoms with E-state index in [0.29, 0.717) is 0 Å². The van der Waals surface area contributed by atoms with Crippen molar-refractivity contribution in [2.24, 2.45) is 0 Å². The summed E-state index contributed by atoms with van der Waals surface area (Å²) < 4.78 is 15.4. The predicted molar refractivity (Wildman–Crippen MR) is 72.3 cm³/mol. The standard InChI is InChI=1S/C12H22O11.H2O/c13-1-4-6(16)8(18)9(19)11(21-4)23-12(3-15)10(20)7(17)5(2-14)22-12;/h4-11,13-20H,1-3H2;1H2. The lowest BCUT2D eigenvalue weighted by atomic mass is 9.99. The summed E-state index contributed by atoms with van der Waals surface area (Å²) in [5.74, 6) is -2.22. The molecule has 9 unspecified atom stereocenters. The van der Waals surface area contributed by atoms with E-state index in [2.05, 4.69) is 0 Å². The first-order chi connectivity index (χ1) is 10.8. The number of rotatable bonds is 5. The van der Waals surface area contributed by atoms with Crippen molar-refractivity contribution in [3.63, 3.8) is 0 Å². The molecular weight excluding hydrogens is 336 g/mol. The molecule has 144 valence electrons. The van der Waals surface area contributed by atoms with Crippen LogP contribution < -0.4 is 0 Å². The fourth-order valence-corrected chi connectivity index (χ4v) is 2.63. The summed E-state index contributed by atoms with van der Waals surface area (Å²) in [6.07, 6.45) is -12.7. The van der Waals surface area contributed by atoms with E-state index in [4.69, 9.17) is 24.4 Å². The molecule has 2 heterocycles. The molecule has 9 atom stereocenters. The Labute approximate surface area is 136 Å². The Morgan fingerprint density at radius 3 is 1.83 bits per heavy atom. The minimum absolute atomic E-state index is 0. The van der Waals surface area contributed by atoms with E-state index in [-0.39, 0.29) is 5.48 Å². The summed E-state index contributed by atoms with van der Waals surface area (Å²) in [7, 11) is 0. The van der Waals surface area contributed by atoms with Crippen molar-refractivity contribution in [1.82, 2.24) is 0 Å². The maximum Gasteiger partial charge on any atom is 0.224 e. The van der Waals surface area contributed by atoms with E-state index in [1.54, 1.807) is 0 Å². The summed E-state index contributed by atoms with van der Waals surface area (Å²) in [6.45, 7) is -2.32. The van der Waals surface area contributed by atoms with Crippen molar-refractivity contribution in [1.29, 1.82) is 0 Å². The van der Waals surface area contributed by atoms with Gasteiger partial charge in [-0.05, 0) is 0 Å². The van der Waals surface area contributed by atoms with Crippen LogP contribution in [0.1, 0.15) is 0 Å². The lowest BCUT2D eigenvalue weighted by molar-refractivity contribution is -0.383. The summed E-state index contributed by atoms with van der Waals surface area (Å²) in [6, 6.07) is 0. The highest BCUT2D eigenvalue weighted by atomic mass is 16.8. The number of aliphatic hydroxyl groups excluding tert-OH is 8. The molecule has 12 heteroatoms. The number of hydrogen-bond acceptors (Lipinski definition) is 11. The molecule has 0 saturated carbocycles. The zero-order valence-corrected chi connectivity index (χ0v) is 12.5. The monoisotopic (exact) mass is 360 g/mol. The van der Waals surface area contributed by atoms with Crippen LogP contribution in [-0.4, -0.2) is 121 Å². The molecule has 2 aliphatic heterocycles. The molecule has 2 fully saturated rings. The number of hydrogen-bond donors (Lipinski definition) is 8. The molecule has 2 rings (SSSR count). The second-order valence-corrected chi connectivity index (χ2v) is 5.56. The molecule has 0 aromatic heterocycles. The van der Waals surface area contributed by atoms with Crippen LogP contribution in [0.5, 0.6) is 0 Å². The van der Waals surface area contributed by atoms with Gasteiger partial charge >= 0.3 is 0 Å². The van der Waals surface area contributed by atoms with E-state index in [9.17, 15) is 30.6 Å². The zero-order chi connectivity index (χ0) is 17.4. The molecule has 0 aliphatic carbocycles. The first-order valence-corrected chi connectivity index (χ1v) is 7.05. The zero-order valence-electron chi connectivity index (χ0n) is 12.5. The van der Waals surface area contributed by atoms with Gasteiger partial charge in [0.1, 0.15) is 49.3 Å². The quantitative estimate of drug-likeness (QED) is 0.230. The van der Waals surface area contributed by atoms with Crippen LogP contribution in [0.3, 0.4) is 0 Å². The summed E-state index contributed by atoms with van der Waals surface area (Å²) >= 11 is 0. The van der Waals surface area contributed by atoms with Crippen LogP contribution in [0.4, 0.5) is 0 Å². The smallest absolute Gasteiger partial charge is 0.224 e. The first-order valence-electron chi connectivity index (χ1n) is 7.05. The number of aliphatic hydroxyl groups is 8. The summed E-state index contributed by atoms with van der Waals surface area (Å²) in [4.78, 5) is 0. The minimum Gasteiger partial charge on any atom is -0.412 e. The van der Waals surface area contributed by atoms with Gasteiger partial charge in [-0.25, -0.2) is 0 Å². The molecule has 0 spiro atoms. The van der Waals surface area contributed by atoms with Crippen molar-refractivity contribution in [3.8, 4) is 0 Å². The maximum absolute atomic E-state index is 10.00. The van der Waals surface area contributed by atoms with Gasteiger partial charge in [0.25, 0.3) is 0 Å². The molecule has 12 nitrogen and oxygen atoms in total. The van der Waals surface area contributed by atoms with Crippen molar-refractivity contribution in [2.75, 3.05) is 19.8 Å². The Morgan fingerprint density at radius 1 is 0.792 bits per heavy atom. The van der Waals surface area contributed by atoms with E-state index in [1.807, 2.05) is 0 Å². The highest BCUT2D eigenvalue weighted by molar-refractivity contribution is 4.98. The summed E-state index contributed by atoms with van der Waals surface area (Å²) in [5, 5.41) is 76.7. The molecule has 0 radical (unpaired) electrons. The van der Waals surface area contributed by atoms with Crippen LogP contribution in [0.2, 0.25) is 0 Å². The highest BCUT2D eigenvalue weighted by Gasteiger charge is 2.58. The fourth-order valence-electron chi connectivity index (χ4n) is 2.63. The molecule has 2 aliphatic rings. The molecular formula is C12H24O12. The van der Waals surface area contributed by atoms with Gasteiger partial charge in [-0.15, -0.1) is 0 Å². The van der Waals surface area contributed by atoms with Gasteiger partial charge in [-0.1, -0.05) is 0 Å². The van der Waals surface area contributed by atoms with Crippen molar-refractivity contribution in [3.05, 3.63) is 0 Å². The molecule has 0 aromatic carbocycles. The molecule has 0 amide bonds. The first kappa shape index (κ1) is 21.6. The summed E-state index contributed by atoms with van der Waals surface area (Å²) in [5.41, 5.74) is 0. The van der Waals surface area contributed by atoms with Crippen LogP contribution in [-0.2, 0) is 14.2 Å².